The van der Waals surface area contributed by atoms with Crippen LogP contribution in [0.5, 0.6) is 0 Å². The summed E-state index contributed by atoms with van der Waals surface area (Å²) < 4.78 is 50.8. The highest BCUT2D eigenvalue weighted by atomic mass is 79.9. The van der Waals surface area contributed by atoms with E-state index in [1.54, 1.807) is 0 Å². The van der Waals surface area contributed by atoms with Crippen molar-refractivity contribution in [2.75, 3.05) is 11.9 Å². The first-order chi connectivity index (χ1) is 9.15. The van der Waals surface area contributed by atoms with Crippen molar-refractivity contribution in [3.8, 4) is 0 Å². The van der Waals surface area contributed by atoms with Crippen LogP contribution in [0.3, 0.4) is 0 Å². The summed E-state index contributed by atoms with van der Waals surface area (Å²) in [6.07, 6.45) is -2.63. The van der Waals surface area contributed by atoms with Crippen molar-refractivity contribution in [3.05, 3.63) is 21.0 Å². The molecule has 1 rings (SSSR count). The first-order valence-corrected chi connectivity index (χ1v) is 6.60. The normalized spacial score (nSPS) is 12.2. The molecule has 114 valence electrons. The fraction of sp³-hybridized carbons (Fsp3) is 0.636. The molecule has 0 aliphatic carbocycles. The van der Waals surface area contributed by atoms with Crippen LogP contribution < -0.4 is 10.9 Å². The number of hydrogen-bond donors (Lipinski definition) is 1. The fourth-order valence-corrected chi connectivity index (χ4v) is 1.80. The molecule has 0 amide bonds. The molecule has 0 saturated heterocycles. The molecule has 0 fully saturated rings. The Kier molecular flexibility index (Phi) is 5.55. The summed E-state index contributed by atoms with van der Waals surface area (Å²) in [4.78, 5) is 11.9. The number of alkyl halides is 4. The number of halogens is 5. The lowest BCUT2D eigenvalue weighted by Crippen LogP contribution is -2.35. The summed E-state index contributed by atoms with van der Waals surface area (Å²) in [6.45, 7) is 2.86. The number of aromatic nitrogens is 2. The molecule has 0 bridgehead atoms. The molecular weight excluding hydrogens is 346 g/mol. The number of hydrogen-bond acceptors (Lipinski definition) is 3. The van der Waals surface area contributed by atoms with E-state index in [9.17, 15) is 22.4 Å². The van der Waals surface area contributed by atoms with Gasteiger partial charge in [0.05, 0.1) is 18.4 Å². The van der Waals surface area contributed by atoms with Gasteiger partial charge in [0, 0.05) is 6.54 Å². The number of nitrogens with one attached hydrogen (secondary N) is 1. The Morgan fingerprint density at radius 3 is 2.55 bits per heavy atom. The Balaban J connectivity index is 2.89. The van der Waals surface area contributed by atoms with E-state index in [1.165, 1.54) is 4.68 Å². The van der Waals surface area contributed by atoms with Crippen LogP contribution in [0.4, 0.5) is 23.2 Å². The molecule has 1 N–H and O–H groups in total. The highest BCUT2D eigenvalue weighted by molar-refractivity contribution is 9.10. The molecule has 20 heavy (non-hydrogen) atoms. The van der Waals surface area contributed by atoms with Gasteiger partial charge in [0.2, 0.25) is 0 Å². The molecule has 0 aliphatic heterocycles. The second kappa shape index (κ2) is 6.55. The second-order valence-electron chi connectivity index (χ2n) is 4.67. The molecule has 1 aromatic rings. The van der Waals surface area contributed by atoms with E-state index in [2.05, 4.69) is 26.3 Å². The van der Waals surface area contributed by atoms with Crippen LogP contribution in [0.15, 0.2) is 15.5 Å². The van der Waals surface area contributed by atoms with Gasteiger partial charge in [0.15, 0.2) is 0 Å². The van der Waals surface area contributed by atoms with Crippen molar-refractivity contribution in [1.29, 1.82) is 0 Å². The SMILES string of the molecule is CC(C)Cn1ncc(NCC(F)(F)C(F)F)c(Br)c1=O. The average molecular weight is 360 g/mol. The van der Waals surface area contributed by atoms with Gasteiger partial charge in [-0.2, -0.15) is 13.9 Å². The van der Waals surface area contributed by atoms with E-state index in [0.29, 0.717) is 6.54 Å². The lowest BCUT2D eigenvalue weighted by atomic mass is 10.2. The maximum atomic E-state index is 12.8. The Morgan fingerprint density at radius 2 is 2.05 bits per heavy atom. The van der Waals surface area contributed by atoms with Gasteiger partial charge in [-0.05, 0) is 21.8 Å². The van der Waals surface area contributed by atoms with Gasteiger partial charge in [-0.25, -0.2) is 13.5 Å². The van der Waals surface area contributed by atoms with E-state index < -0.39 is 24.5 Å². The van der Waals surface area contributed by atoms with Gasteiger partial charge < -0.3 is 5.32 Å². The van der Waals surface area contributed by atoms with Gasteiger partial charge in [-0.15, -0.1) is 0 Å². The Labute approximate surface area is 121 Å². The van der Waals surface area contributed by atoms with E-state index in [4.69, 9.17) is 0 Å². The van der Waals surface area contributed by atoms with Crippen LogP contribution >= 0.6 is 15.9 Å². The summed E-state index contributed by atoms with van der Waals surface area (Å²) in [7, 11) is 0. The summed E-state index contributed by atoms with van der Waals surface area (Å²) in [5, 5.41) is 5.91. The van der Waals surface area contributed by atoms with Crippen LogP contribution in [0.1, 0.15) is 13.8 Å². The largest absolute Gasteiger partial charge is 0.376 e. The standard InChI is InChI=1S/C11H14BrF4N3O/c1-6(2)4-19-9(20)8(12)7(3-18-19)17-5-11(15,16)10(13)14/h3,6,10,17H,4-5H2,1-2H3. The minimum Gasteiger partial charge on any atom is -0.376 e. The van der Waals surface area contributed by atoms with E-state index in [1.807, 2.05) is 13.8 Å². The molecule has 1 aromatic heterocycles. The zero-order valence-electron chi connectivity index (χ0n) is 10.8. The van der Waals surface area contributed by atoms with Gasteiger partial charge in [-0.1, -0.05) is 13.8 Å². The third kappa shape index (κ3) is 4.19. The maximum Gasteiger partial charge on any atom is 0.324 e. The molecule has 4 nitrogen and oxygen atoms in total. The quantitative estimate of drug-likeness (QED) is 0.794. The van der Waals surface area contributed by atoms with Crippen molar-refractivity contribution in [1.82, 2.24) is 9.78 Å². The van der Waals surface area contributed by atoms with Crippen molar-refractivity contribution in [3.63, 3.8) is 0 Å². The molecule has 0 spiro atoms. The summed E-state index contributed by atoms with van der Waals surface area (Å²) in [6, 6.07) is 0. The minimum atomic E-state index is -4.17. The van der Waals surface area contributed by atoms with E-state index in [0.717, 1.165) is 6.20 Å². The summed E-state index contributed by atoms with van der Waals surface area (Å²) in [5.74, 6) is -4.00. The van der Waals surface area contributed by atoms with E-state index in [-0.39, 0.29) is 16.1 Å². The zero-order chi connectivity index (χ0) is 15.5. The van der Waals surface area contributed by atoms with Gasteiger partial charge in [0.1, 0.15) is 4.47 Å². The van der Waals surface area contributed by atoms with Crippen molar-refractivity contribution >= 4 is 21.6 Å². The Bertz CT molecular complexity index is 519. The van der Waals surface area contributed by atoms with Gasteiger partial charge in [-0.3, -0.25) is 4.79 Å². The first-order valence-electron chi connectivity index (χ1n) is 5.80. The van der Waals surface area contributed by atoms with Crippen LogP contribution in [0, 0.1) is 5.92 Å². The van der Waals surface area contributed by atoms with Gasteiger partial charge >= 0.3 is 12.3 Å². The Morgan fingerprint density at radius 1 is 1.45 bits per heavy atom. The van der Waals surface area contributed by atoms with Crippen LogP contribution in [0.25, 0.3) is 0 Å². The van der Waals surface area contributed by atoms with Crippen molar-refractivity contribution in [2.24, 2.45) is 5.92 Å². The highest BCUT2D eigenvalue weighted by Gasteiger charge is 2.40. The van der Waals surface area contributed by atoms with Gasteiger partial charge in [0.25, 0.3) is 5.56 Å². The van der Waals surface area contributed by atoms with E-state index >= 15 is 0 Å². The molecule has 0 aromatic carbocycles. The Hall–Kier alpha value is -1.12. The first kappa shape index (κ1) is 16.9. The van der Waals surface area contributed by atoms with Crippen LogP contribution in [0.2, 0.25) is 0 Å². The highest BCUT2D eigenvalue weighted by Crippen LogP contribution is 2.24. The third-order valence-corrected chi connectivity index (χ3v) is 3.12. The molecule has 0 aliphatic rings. The molecule has 0 saturated carbocycles. The number of anilines is 1. The lowest BCUT2D eigenvalue weighted by Gasteiger charge is -2.17. The lowest BCUT2D eigenvalue weighted by molar-refractivity contribution is -0.117. The van der Waals surface area contributed by atoms with Crippen LogP contribution in [-0.2, 0) is 6.54 Å². The second-order valence-corrected chi connectivity index (χ2v) is 5.46. The minimum absolute atomic E-state index is 0.0155. The molecule has 9 heteroatoms. The molecule has 0 atom stereocenters. The number of nitrogens with zero attached hydrogens (tertiary/aromatic N) is 2. The zero-order valence-corrected chi connectivity index (χ0v) is 12.4. The maximum absolute atomic E-state index is 12.8. The molecule has 0 radical (unpaired) electrons. The molecular formula is C11H14BrF4N3O. The number of rotatable bonds is 6. The van der Waals surface area contributed by atoms with Crippen molar-refractivity contribution < 1.29 is 17.6 Å². The predicted molar refractivity (Wildman–Crippen MR) is 70.5 cm³/mol. The van der Waals surface area contributed by atoms with Crippen LogP contribution in [-0.4, -0.2) is 28.7 Å². The molecule has 1 heterocycles. The smallest absolute Gasteiger partial charge is 0.324 e. The fourth-order valence-electron chi connectivity index (χ4n) is 1.35. The predicted octanol–water partition coefficient (Wildman–Crippen LogP) is 2.97. The average Bonchev–Trinajstić information content (AvgIpc) is 2.33. The topological polar surface area (TPSA) is 46.9 Å². The van der Waals surface area contributed by atoms with Crippen molar-refractivity contribution in [2.45, 2.75) is 32.7 Å². The third-order valence-electron chi connectivity index (χ3n) is 2.36. The summed E-state index contributed by atoms with van der Waals surface area (Å²) in [5.41, 5.74) is -0.556. The monoisotopic (exact) mass is 359 g/mol. The molecule has 0 unspecified atom stereocenters. The summed E-state index contributed by atoms with van der Waals surface area (Å²) >= 11 is 2.96.